The molecule has 3 saturated carbocycles. The number of carboxylic acids is 1. The number of halogens is 2. The molecule has 2 atom stereocenters. The van der Waals surface area contributed by atoms with Gasteiger partial charge < -0.3 is 5.11 Å². The highest BCUT2D eigenvalue weighted by Crippen LogP contribution is 2.99. The average Bonchev–Trinajstić information content (AvgIpc) is 2.82. The van der Waals surface area contributed by atoms with Crippen molar-refractivity contribution in [1.82, 2.24) is 0 Å². The van der Waals surface area contributed by atoms with Gasteiger partial charge in [0.05, 0.1) is 5.92 Å². The van der Waals surface area contributed by atoms with Gasteiger partial charge >= 0.3 is 5.97 Å². The van der Waals surface area contributed by atoms with Crippen molar-refractivity contribution < 1.29 is 9.90 Å². The lowest BCUT2D eigenvalue weighted by molar-refractivity contribution is -0.139. The topological polar surface area (TPSA) is 37.3 Å². The lowest BCUT2D eigenvalue weighted by Gasteiger charge is -1.92. The Morgan fingerprint density at radius 3 is 2.25 bits per heavy atom. The fourth-order valence-electron chi connectivity index (χ4n) is 3.02. The van der Waals surface area contributed by atoms with Crippen molar-refractivity contribution in [3.63, 3.8) is 0 Å². The Balaban J connectivity index is 1.95. The third kappa shape index (κ3) is 0.444. The molecule has 3 aliphatic carbocycles. The number of carbonyl (C=O) groups is 1. The van der Waals surface area contributed by atoms with Crippen molar-refractivity contribution >= 4 is 29.2 Å². The van der Waals surface area contributed by atoms with E-state index >= 15 is 0 Å². The van der Waals surface area contributed by atoms with E-state index < -0.39 is 10.3 Å². The average molecular weight is 207 g/mol. The summed E-state index contributed by atoms with van der Waals surface area (Å²) in [5, 5.41) is 8.80. The van der Waals surface area contributed by atoms with Crippen molar-refractivity contribution in [3.8, 4) is 0 Å². The third-order valence-corrected chi connectivity index (χ3v) is 5.36. The van der Waals surface area contributed by atoms with Crippen LogP contribution < -0.4 is 0 Å². The summed E-state index contributed by atoms with van der Waals surface area (Å²) in [4.78, 5) is 10.7. The van der Waals surface area contributed by atoms with Crippen LogP contribution in [0.25, 0.3) is 0 Å². The maximum atomic E-state index is 10.7. The SMILES string of the molecule is O=C(O)[C@H]1C[C@]12C(Cl)(Cl)C21CC1. The zero-order valence-corrected chi connectivity index (χ0v) is 7.82. The second-order valence-electron chi connectivity index (χ2n) is 4.22. The molecule has 0 aliphatic heterocycles. The summed E-state index contributed by atoms with van der Waals surface area (Å²) in [6.45, 7) is 0. The third-order valence-electron chi connectivity index (χ3n) is 3.96. The highest BCUT2D eigenvalue weighted by Gasteiger charge is 3.00. The molecule has 0 bridgehead atoms. The van der Waals surface area contributed by atoms with E-state index in [1.54, 1.807) is 0 Å². The van der Waals surface area contributed by atoms with Crippen molar-refractivity contribution in [2.75, 3.05) is 0 Å². The van der Waals surface area contributed by atoms with Crippen LogP contribution in [0.5, 0.6) is 0 Å². The quantitative estimate of drug-likeness (QED) is 0.668. The van der Waals surface area contributed by atoms with Crippen LogP contribution in [0.2, 0.25) is 0 Å². The minimum Gasteiger partial charge on any atom is -0.481 e. The van der Waals surface area contributed by atoms with Crippen LogP contribution in [0.1, 0.15) is 19.3 Å². The molecule has 0 aromatic heterocycles. The molecule has 0 unspecified atom stereocenters. The first-order valence-electron chi connectivity index (χ1n) is 4.10. The number of hydrogen-bond donors (Lipinski definition) is 1. The largest absolute Gasteiger partial charge is 0.481 e. The van der Waals surface area contributed by atoms with Crippen molar-refractivity contribution in [1.29, 1.82) is 0 Å². The highest BCUT2D eigenvalue weighted by atomic mass is 35.5. The number of aliphatic carboxylic acids is 1. The number of carboxylic acid groups (broad SMARTS) is 1. The summed E-state index contributed by atoms with van der Waals surface area (Å²) in [7, 11) is 0. The van der Waals surface area contributed by atoms with Gasteiger partial charge in [0.15, 0.2) is 0 Å². The van der Waals surface area contributed by atoms with Crippen LogP contribution in [0, 0.1) is 16.7 Å². The van der Waals surface area contributed by atoms with Crippen LogP contribution in [0.3, 0.4) is 0 Å². The van der Waals surface area contributed by atoms with E-state index in [-0.39, 0.29) is 16.7 Å². The summed E-state index contributed by atoms with van der Waals surface area (Å²) in [6, 6.07) is 0. The lowest BCUT2D eigenvalue weighted by Crippen LogP contribution is -2.03. The number of rotatable bonds is 1. The van der Waals surface area contributed by atoms with E-state index in [1.165, 1.54) is 0 Å². The first-order valence-corrected chi connectivity index (χ1v) is 4.86. The monoisotopic (exact) mass is 206 g/mol. The molecule has 0 amide bonds. The zero-order chi connectivity index (χ0) is 8.78. The Bertz CT molecular complexity index is 289. The Hall–Kier alpha value is 0.0500. The molecule has 0 aromatic rings. The van der Waals surface area contributed by atoms with Gasteiger partial charge in [0, 0.05) is 10.8 Å². The Morgan fingerprint density at radius 2 is 2.00 bits per heavy atom. The molecule has 3 rings (SSSR count). The van der Waals surface area contributed by atoms with Crippen LogP contribution in [-0.2, 0) is 4.79 Å². The molecule has 3 aliphatic rings. The molecule has 2 nitrogen and oxygen atoms in total. The Morgan fingerprint density at radius 1 is 1.42 bits per heavy atom. The predicted molar refractivity (Wildman–Crippen MR) is 44.3 cm³/mol. The molecule has 12 heavy (non-hydrogen) atoms. The molecule has 1 N–H and O–H groups in total. The fourth-order valence-corrected chi connectivity index (χ4v) is 4.42. The standard InChI is InChI=1S/C8H8Cl2O2/c9-8(10)6(1-2-6)7(8)3-4(7)5(11)12/h4H,1-3H2,(H,11,12)/t4-,7+/m1/s1. The predicted octanol–water partition coefficient (Wildman–Crippen LogP) is 2.04. The molecule has 66 valence electrons. The number of alkyl halides is 2. The Kier molecular flexibility index (Phi) is 0.947. The second kappa shape index (κ2) is 1.53. The fraction of sp³-hybridized carbons (Fsp3) is 0.875. The van der Waals surface area contributed by atoms with E-state index in [1.807, 2.05) is 0 Å². The summed E-state index contributed by atoms with van der Waals surface area (Å²) in [5.74, 6) is -1.00. The minimum absolute atomic E-state index is 0.00612. The number of hydrogen-bond acceptors (Lipinski definition) is 1. The summed E-state index contributed by atoms with van der Waals surface area (Å²) in [6.07, 6.45) is 2.73. The zero-order valence-electron chi connectivity index (χ0n) is 6.31. The first-order chi connectivity index (χ1) is 5.50. The summed E-state index contributed by atoms with van der Waals surface area (Å²) in [5.41, 5.74) is -0.221. The van der Waals surface area contributed by atoms with E-state index in [2.05, 4.69) is 0 Å². The van der Waals surface area contributed by atoms with Crippen LogP contribution in [-0.4, -0.2) is 15.4 Å². The second-order valence-corrected chi connectivity index (χ2v) is 5.55. The minimum atomic E-state index is -0.732. The molecule has 0 heterocycles. The maximum Gasteiger partial charge on any atom is 0.307 e. The van der Waals surface area contributed by atoms with E-state index in [0.29, 0.717) is 6.42 Å². The summed E-state index contributed by atoms with van der Waals surface area (Å²) < 4.78 is -0.719. The lowest BCUT2D eigenvalue weighted by atomic mass is 10.2. The molecule has 0 saturated heterocycles. The van der Waals surface area contributed by atoms with Crippen LogP contribution >= 0.6 is 23.2 Å². The van der Waals surface area contributed by atoms with Gasteiger partial charge in [-0.15, -0.1) is 23.2 Å². The molecule has 3 fully saturated rings. The molecule has 4 heteroatoms. The maximum absolute atomic E-state index is 10.7. The summed E-state index contributed by atoms with van der Waals surface area (Å²) >= 11 is 12.2. The Labute approximate surface area is 79.8 Å². The molecule has 2 spiro atoms. The van der Waals surface area contributed by atoms with Gasteiger partial charge in [-0.2, -0.15) is 0 Å². The number of fused-ring (bicyclic) bond motifs is 1. The molecule has 0 aromatic carbocycles. The van der Waals surface area contributed by atoms with Crippen molar-refractivity contribution in [2.45, 2.75) is 23.6 Å². The van der Waals surface area contributed by atoms with Gasteiger partial charge in [-0.3, -0.25) is 4.79 Å². The van der Waals surface area contributed by atoms with Gasteiger partial charge in [-0.1, -0.05) is 0 Å². The van der Waals surface area contributed by atoms with Crippen LogP contribution in [0.4, 0.5) is 0 Å². The molecular weight excluding hydrogens is 199 g/mol. The van der Waals surface area contributed by atoms with Gasteiger partial charge in [-0.25, -0.2) is 0 Å². The van der Waals surface area contributed by atoms with Gasteiger partial charge in [0.25, 0.3) is 0 Å². The normalized spacial score (nSPS) is 49.3. The first kappa shape index (κ1) is 7.45. The molecule has 0 radical (unpaired) electrons. The van der Waals surface area contributed by atoms with Gasteiger partial charge in [0.1, 0.15) is 4.33 Å². The van der Waals surface area contributed by atoms with Gasteiger partial charge in [-0.05, 0) is 19.3 Å². The van der Waals surface area contributed by atoms with Crippen molar-refractivity contribution in [2.24, 2.45) is 16.7 Å². The van der Waals surface area contributed by atoms with E-state index in [9.17, 15) is 4.79 Å². The highest BCUT2D eigenvalue weighted by molar-refractivity contribution is 6.53. The van der Waals surface area contributed by atoms with Gasteiger partial charge in [0.2, 0.25) is 0 Å². The van der Waals surface area contributed by atoms with Crippen LogP contribution in [0.15, 0.2) is 0 Å². The van der Waals surface area contributed by atoms with E-state index in [0.717, 1.165) is 12.8 Å². The van der Waals surface area contributed by atoms with Crippen molar-refractivity contribution in [3.05, 3.63) is 0 Å². The molecular formula is C8H8Cl2O2. The van der Waals surface area contributed by atoms with E-state index in [4.69, 9.17) is 28.3 Å². The smallest absolute Gasteiger partial charge is 0.307 e.